The van der Waals surface area contributed by atoms with Crippen molar-refractivity contribution in [3.63, 3.8) is 0 Å². The second-order valence-electron chi connectivity index (χ2n) is 10.6. The number of phenolic OH excluding ortho intramolecular Hbond substituents is 1. The fourth-order valence-corrected chi connectivity index (χ4v) is 5.29. The minimum absolute atomic E-state index is 0.117. The summed E-state index contributed by atoms with van der Waals surface area (Å²) in [6, 6.07) is 17.9. The zero-order valence-electron chi connectivity index (χ0n) is 22.9. The smallest absolute Gasteiger partial charge is 0.252 e. The van der Waals surface area contributed by atoms with Crippen molar-refractivity contribution in [1.82, 2.24) is 25.2 Å². The molecule has 0 bridgehead atoms. The van der Waals surface area contributed by atoms with Gasteiger partial charge >= 0.3 is 0 Å². The minimum Gasteiger partial charge on any atom is -0.508 e. The summed E-state index contributed by atoms with van der Waals surface area (Å²) < 4.78 is 14.3. The maximum Gasteiger partial charge on any atom is 0.252 e. The number of likely N-dealkylation sites (N-methyl/N-ethyl adjacent to an activating group) is 1. The molecule has 3 heterocycles. The molecule has 1 saturated heterocycles. The van der Waals surface area contributed by atoms with Crippen LogP contribution in [-0.2, 0) is 0 Å². The van der Waals surface area contributed by atoms with Gasteiger partial charge in [-0.1, -0.05) is 18.2 Å². The van der Waals surface area contributed by atoms with Crippen molar-refractivity contribution in [1.29, 1.82) is 0 Å². The van der Waals surface area contributed by atoms with Crippen LogP contribution in [0.4, 0.5) is 10.1 Å². The molecular weight excluding hydrogens is 519 g/mol. The van der Waals surface area contributed by atoms with E-state index in [1.54, 1.807) is 12.1 Å². The van der Waals surface area contributed by atoms with Gasteiger partial charge in [0.2, 0.25) is 0 Å². The quantitative estimate of drug-likeness (QED) is 0.274. The molecule has 41 heavy (non-hydrogen) atoms. The number of piperazine rings is 1. The highest BCUT2D eigenvalue weighted by Crippen LogP contribution is 2.32. The standard InChI is InChI=1S/C32H31FN6O2/c1-20-13-22(31-34-18-25(19-35-31)39-11-9-38(2)10-12-39)15-23(14-20)32(41)37-30(26-17-24(33)7-8-29(26)40)28-16-21-5-3-4-6-27(21)36-28/h3-8,13-19,30,36,40H,9-12H2,1-2H3,(H,37,41). The zero-order valence-corrected chi connectivity index (χ0v) is 22.9. The topological polar surface area (TPSA) is 97.4 Å². The molecule has 1 aliphatic heterocycles. The van der Waals surface area contributed by atoms with E-state index in [-0.39, 0.29) is 17.2 Å². The van der Waals surface area contributed by atoms with Crippen LogP contribution in [0.15, 0.2) is 79.1 Å². The molecule has 0 spiro atoms. The number of amides is 1. The summed E-state index contributed by atoms with van der Waals surface area (Å²) in [6.45, 7) is 5.74. The van der Waals surface area contributed by atoms with Crippen LogP contribution in [-0.4, -0.2) is 64.1 Å². The van der Waals surface area contributed by atoms with Gasteiger partial charge in [-0.05, 0) is 73.5 Å². The molecule has 0 radical (unpaired) electrons. The van der Waals surface area contributed by atoms with Gasteiger partial charge in [0.1, 0.15) is 11.6 Å². The van der Waals surface area contributed by atoms with Crippen molar-refractivity contribution in [3.8, 4) is 17.1 Å². The third-order valence-electron chi connectivity index (χ3n) is 7.54. The van der Waals surface area contributed by atoms with E-state index >= 15 is 0 Å². The molecule has 5 aromatic rings. The number of aromatic amines is 1. The van der Waals surface area contributed by atoms with Gasteiger partial charge in [-0.2, -0.15) is 0 Å². The van der Waals surface area contributed by atoms with E-state index in [1.165, 1.54) is 18.2 Å². The lowest BCUT2D eigenvalue weighted by Gasteiger charge is -2.33. The second-order valence-corrected chi connectivity index (χ2v) is 10.6. The summed E-state index contributed by atoms with van der Waals surface area (Å²) >= 11 is 0. The number of aromatic hydroxyl groups is 1. The Morgan fingerprint density at radius 3 is 2.51 bits per heavy atom. The highest BCUT2D eigenvalue weighted by molar-refractivity contribution is 5.96. The number of phenols is 1. The summed E-state index contributed by atoms with van der Waals surface area (Å²) in [5.41, 5.74) is 4.71. The van der Waals surface area contributed by atoms with Crippen LogP contribution >= 0.6 is 0 Å². The first-order valence-electron chi connectivity index (χ1n) is 13.6. The number of hydrogen-bond acceptors (Lipinski definition) is 6. The Bertz CT molecular complexity index is 1680. The van der Waals surface area contributed by atoms with Gasteiger partial charge in [0.15, 0.2) is 5.82 Å². The number of aryl methyl sites for hydroxylation is 1. The number of carbonyl (C=O) groups excluding carboxylic acids is 1. The number of benzene rings is 3. The molecule has 8 nitrogen and oxygen atoms in total. The largest absolute Gasteiger partial charge is 0.508 e. The molecule has 6 rings (SSSR count). The van der Waals surface area contributed by atoms with E-state index in [1.807, 2.05) is 55.7 Å². The Hall–Kier alpha value is -4.76. The van der Waals surface area contributed by atoms with Crippen molar-refractivity contribution < 1.29 is 14.3 Å². The summed E-state index contributed by atoms with van der Waals surface area (Å²) in [5.74, 6) is -0.482. The predicted molar refractivity (Wildman–Crippen MR) is 158 cm³/mol. The number of rotatable bonds is 6. The summed E-state index contributed by atoms with van der Waals surface area (Å²) in [4.78, 5) is 30.8. The minimum atomic E-state index is -0.825. The van der Waals surface area contributed by atoms with E-state index in [4.69, 9.17) is 0 Å². The zero-order chi connectivity index (χ0) is 28.5. The first-order chi connectivity index (χ1) is 19.8. The first-order valence-corrected chi connectivity index (χ1v) is 13.6. The van der Waals surface area contributed by atoms with E-state index in [2.05, 4.69) is 37.1 Å². The average molecular weight is 551 g/mol. The average Bonchev–Trinajstić information content (AvgIpc) is 3.41. The lowest BCUT2D eigenvalue weighted by Crippen LogP contribution is -2.44. The number of H-pyrrole nitrogens is 1. The number of fused-ring (bicyclic) bond motifs is 1. The van der Waals surface area contributed by atoms with Crippen molar-refractivity contribution in [2.75, 3.05) is 38.1 Å². The van der Waals surface area contributed by atoms with Crippen molar-refractivity contribution in [3.05, 3.63) is 107 Å². The van der Waals surface area contributed by atoms with Gasteiger partial charge in [-0.3, -0.25) is 4.79 Å². The van der Waals surface area contributed by atoms with Gasteiger partial charge < -0.3 is 25.2 Å². The molecule has 3 aromatic carbocycles. The maximum absolute atomic E-state index is 14.3. The van der Waals surface area contributed by atoms with Gasteiger partial charge in [0, 0.05) is 54.1 Å². The summed E-state index contributed by atoms with van der Waals surface area (Å²) in [7, 11) is 2.12. The molecule has 1 aliphatic rings. The van der Waals surface area contributed by atoms with Gasteiger partial charge in [-0.15, -0.1) is 0 Å². The number of carbonyl (C=O) groups is 1. The van der Waals surface area contributed by atoms with E-state index in [9.17, 15) is 14.3 Å². The predicted octanol–water partition coefficient (Wildman–Crippen LogP) is 5.05. The van der Waals surface area contributed by atoms with Crippen molar-refractivity contribution in [2.24, 2.45) is 0 Å². The molecule has 0 saturated carbocycles. The molecular formula is C32H31FN6O2. The number of aromatic nitrogens is 3. The highest BCUT2D eigenvalue weighted by Gasteiger charge is 2.24. The van der Waals surface area contributed by atoms with Crippen LogP contribution < -0.4 is 10.2 Å². The molecule has 1 amide bonds. The normalized spacial score (nSPS) is 14.8. The molecule has 0 aliphatic carbocycles. The van der Waals surface area contributed by atoms with Crippen LogP contribution in [0.2, 0.25) is 0 Å². The van der Waals surface area contributed by atoms with Crippen molar-refractivity contribution >= 4 is 22.5 Å². The Balaban J connectivity index is 1.30. The van der Waals surface area contributed by atoms with Crippen LogP contribution in [0.3, 0.4) is 0 Å². The fourth-order valence-electron chi connectivity index (χ4n) is 5.29. The van der Waals surface area contributed by atoms with Crippen LogP contribution in [0.25, 0.3) is 22.3 Å². The molecule has 208 valence electrons. The molecule has 9 heteroatoms. The lowest BCUT2D eigenvalue weighted by molar-refractivity contribution is 0.0942. The maximum atomic E-state index is 14.3. The third kappa shape index (κ3) is 5.62. The Labute approximate surface area is 237 Å². The Kier molecular flexibility index (Phi) is 7.11. The second kappa shape index (κ2) is 11.0. The number of para-hydroxylation sites is 1. The van der Waals surface area contributed by atoms with Crippen LogP contribution in [0.5, 0.6) is 5.75 Å². The first kappa shape index (κ1) is 26.5. The number of nitrogens with zero attached hydrogens (tertiary/aromatic N) is 4. The van der Waals surface area contributed by atoms with E-state index in [0.29, 0.717) is 17.1 Å². The van der Waals surface area contributed by atoms with Gasteiger partial charge in [0.05, 0.1) is 24.1 Å². The lowest BCUT2D eigenvalue weighted by atomic mass is 10.0. The van der Waals surface area contributed by atoms with Gasteiger partial charge in [-0.25, -0.2) is 14.4 Å². The Morgan fingerprint density at radius 2 is 1.76 bits per heavy atom. The molecule has 3 N–H and O–H groups in total. The number of anilines is 1. The summed E-state index contributed by atoms with van der Waals surface area (Å²) in [6.07, 6.45) is 3.66. The van der Waals surface area contributed by atoms with Gasteiger partial charge in [0.25, 0.3) is 5.91 Å². The molecule has 1 atom stereocenters. The monoisotopic (exact) mass is 550 g/mol. The number of nitrogens with one attached hydrogen (secondary N) is 2. The molecule has 1 unspecified atom stereocenters. The SMILES string of the molecule is Cc1cc(C(=O)NC(c2cc3ccccc3[nH]2)c2cc(F)ccc2O)cc(-c2ncc(N3CCN(C)CC3)cn2)c1. The van der Waals surface area contributed by atoms with Crippen LogP contribution in [0, 0.1) is 12.7 Å². The highest BCUT2D eigenvalue weighted by atomic mass is 19.1. The van der Waals surface area contributed by atoms with Crippen LogP contribution in [0.1, 0.15) is 33.2 Å². The van der Waals surface area contributed by atoms with E-state index in [0.717, 1.165) is 53.9 Å². The molecule has 2 aromatic heterocycles. The van der Waals surface area contributed by atoms with E-state index < -0.39 is 11.9 Å². The number of halogens is 1. The fraction of sp³-hybridized carbons (Fsp3) is 0.219. The summed E-state index contributed by atoms with van der Waals surface area (Å²) in [5, 5.41) is 14.6. The van der Waals surface area contributed by atoms with Crippen molar-refractivity contribution in [2.45, 2.75) is 13.0 Å². The number of hydrogen-bond donors (Lipinski definition) is 3. The Morgan fingerprint density at radius 1 is 1.00 bits per heavy atom. The third-order valence-corrected chi connectivity index (χ3v) is 7.54. The molecule has 1 fully saturated rings.